The van der Waals surface area contributed by atoms with Crippen molar-refractivity contribution in [1.29, 1.82) is 0 Å². The van der Waals surface area contributed by atoms with Gasteiger partial charge in [0.15, 0.2) is 5.58 Å². The van der Waals surface area contributed by atoms with Crippen LogP contribution in [0.1, 0.15) is 19.2 Å². The Hall–Kier alpha value is -2.62. The Bertz CT molecular complexity index is 732. The molecule has 0 fully saturated rings. The fraction of sp³-hybridized carbons (Fsp3) is 0.222. The van der Waals surface area contributed by atoms with Crippen molar-refractivity contribution in [2.24, 2.45) is 0 Å². The van der Waals surface area contributed by atoms with Crippen LogP contribution in [-0.4, -0.2) is 17.4 Å². The number of para-hydroxylation sites is 3. The molecular weight excluding hydrogens is 276 g/mol. The topological polar surface area (TPSA) is 46.3 Å². The van der Waals surface area contributed by atoms with Crippen molar-refractivity contribution < 1.29 is 9.21 Å². The molecule has 1 aromatic heterocycles. The lowest BCUT2D eigenvalue weighted by molar-refractivity contribution is -0.118. The Labute approximate surface area is 129 Å². The van der Waals surface area contributed by atoms with E-state index in [9.17, 15) is 4.79 Å². The van der Waals surface area contributed by atoms with E-state index in [-0.39, 0.29) is 12.3 Å². The molecule has 0 atom stereocenters. The summed E-state index contributed by atoms with van der Waals surface area (Å²) in [5.41, 5.74) is 2.41. The van der Waals surface area contributed by atoms with Gasteiger partial charge < -0.3 is 9.32 Å². The molecule has 0 aliphatic heterocycles. The Balaban J connectivity index is 1.81. The molecule has 1 amide bonds. The fourth-order valence-corrected chi connectivity index (χ4v) is 2.45. The summed E-state index contributed by atoms with van der Waals surface area (Å²) in [6.45, 7) is 2.74. The van der Waals surface area contributed by atoms with Crippen molar-refractivity contribution >= 4 is 22.7 Å². The van der Waals surface area contributed by atoms with E-state index < -0.39 is 0 Å². The second-order valence-electron chi connectivity index (χ2n) is 5.13. The van der Waals surface area contributed by atoms with Gasteiger partial charge in [0.1, 0.15) is 11.9 Å². The van der Waals surface area contributed by atoms with Crippen LogP contribution in [-0.2, 0) is 11.2 Å². The van der Waals surface area contributed by atoms with Crippen LogP contribution in [0.5, 0.6) is 0 Å². The lowest BCUT2D eigenvalue weighted by Crippen LogP contribution is -2.33. The van der Waals surface area contributed by atoms with Gasteiger partial charge in [0.25, 0.3) is 0 Å². The third-order valence-electron chi connectivity index (χ3n) is 3.46. The monoisotopic (exact) mass is 294 g/mol. The van der Waals surface area contributed by atoms with E-state index in [1.165, 1.54) is 0 Å². The molecular formula is C18H18N2O2. The van der Waals surface area contributed by atoms with E-state index >= 15 is 0 Å². The van der Waals surface area contributed by atoms with Gasteiger partial charge in [-0.1, -0.05) is 37.3 Å². The average Bonchev–Trinajstić information content (AvgIpc) is 2.95. The van der Waals surface area contributed by atoms with Gasteiger partial charge in [-0.3, -0.25) is 4.79 Å². The summed E-state index contributed by atoms with van der Waals surface area (Å²) in [5.74, 6) is 0.461. The number of nitrogens with zero attached hydrogens (tertiary/aromatic N) is 2. The summed E-state index contributed by atoms with van der Waals surface area (Å²) in [7, 11) is 0. The maximum Gasteiger partial charge on any atom is 0.236 e. The van der Waals surface area contributed by atoms with Gasteiger partial charge in [-0.2, -0.15) is 0 Å². The zero-order valence-corrected chi connectivity index (χ0v) is 12.5. The van der Waals surface area contributed by atoms with Gasteiger partial charge in [0, 0.05) is 12.2 Å². The van der Waals surface area contributed by atoms with Gasteiger partial charge in [-0.25, -0.2) is 4.98 Å². The smallest absolute Gasteiger partial charge is 0.236 e. The van der Waals surface area contributed by atoms with Crippen molar-refractivity contribution in [2.75, 3.05) is 11.4 Å². The van der Waals surface area contributed by atoms with Crippen molar-refractivity contribution in [3.63, 3.8) is 0 Å². The Morgan fingerprint density at radius 1 is 1.09 bits per heavy atom. The molecule has 4 heteroatoms. The van der Waals surface area contributed by atoms with Crippen LogP contribution in [0.4, 0.5) is 5.69 Å². The van der Waals surface area contributed by atoms with E-state index in [1.54, 1.807) is 4.90 Å². The summed E-state index contributed by atoms with van der Waals surface area (Å²) < 4.78 is 5.64. The summed E-state index contributed by atoms with van der Waals surface area (Å²) in [6, 6.07) is 17.2. The van der Waals surface area contributed by atoms with Crippen LogP contribution in [0.3, 0.4) is 0 Å². The number of aromatic nitrogens is 1. The molecule has 2 aromatic carbocycles. The van der Waals surface area contributed by atoms with Crippen LogP contribution >= 0.6 is 0 Å². The molecule has 0 N–H and O–H groups in total. The number of oxazole rings is 1. The van der Waals surface area contributed by atoms with Crippen LogP contribution in [0.15, 0.2) is 59.0 Å². The van der Waals surface area contributed by atoms with Gasteiger partial charge in [0.2, 0.25) is 11.8 Å². The van der Waals surface area contributed by atoms with E-state index in [1.807, 2.05) is 54.6 Å². The van der Waals surface area contributed by atoms with Crippen LogP contribution < -0.4 is 4.90 Å². The maximum atomic E-state index is 12.6. The predicted molar refractivity (Wildman–Crippen MR) is 86.8 cm³/mol. The molecule has 112 valence electrons. The number of carbonyl (C=O) groups excluding carboxylic acids is 1. The van der Waals surface area contributed by atoms with Crippen LogP contribution in [0.2, 0.25) is 0 Å². The van der Waals surface area contributed by atoms with Gasteiger partial charge in [-0.05, 0) is 30.7 Å². The SMILES string of the molecule is CCCN(C(=O)Cc1nc2ccccc2o1)c1ccccc1. The number of carbonyl (C=O) groups is 1. The van der Waals surface area contributed by atoms with Crippen LogP contribution in [0, 0.1) is 0 Å². The molecule has 0 aliphatic carbocycles. The highest BCUT2D eigenvalue weighted by Crippen LogP contribution is 2.18. The molecule has 0 radical (unpaired) electrons. The van der Waals surface area contributed by atoms with Crippen molar-refractivity contribution in [2.45, 2.75) is 19.8 Å². The molecule has 0 bridgehead atoms. The minimum absolute atomic E-state index is 0.000365. The third kappa shape index (κ3) is 3.01. The number of amides is 1. The highest BCUT2D eigenvalue weighted by molar-refractivity contribution is 5.94. The first kappa shape index (κ1) is 14.3. The summed E-state index contributed by atoms with van der Waals surface area (Å²) in [6.07, 6.45) is 1.07. The van der Waals surface area contributed by atoms with E-state index in [0.29, 0.717) is 18.0 Å². The van der Waals surface area contributed by atoms with Gasteiger partial charge in [0.05, 0.1) is 0 Å². The standard InChI is InChI=1S/C18H18N2O2/c1-2-12-20(14-8-4-3-5-9-14)18(21)13-17-19-15-10-6-7-11-16(15)22-17/h3-11H,2,12-13H2,1H3. The first-order chi connectivity index (χ1) is 10.8. The Kier molecular flexibility index (Phi) is 4.19. The molecule has 0 aliphatic rings. The van der Waals surface area contributed by atoms with E-state index in [0.717, 1.165) is 17.6 Å². The number of benzene rings is 2. The summed E-state index contributed by atoms with van der Waals surface area (Å²) in [5, 5.41) is 0. The highest BCUT2D eigenvalue weighted by Gasteiger charge is 2.18. The normalized spacial score (nSPS) is 10.8. The lowest BCUT2D eigenvalue weighted by atomic mass is 10.2. The van der Waals surface area contributed by atoms with E-state index in [4.69, 9.17) is 4.42 Å². The zero-order valence-electron chi connectivity index (χ0n) is 12.5. The van der Waals surface area contributed by atoms with Crippen molar-refractivity contribution in [3.8, 4) is 0 Å². The zero-order chi connectivity index (χ0) is 15.4. The summed E-state index contributed by atoms with van der Waals surface area (Å²) in [4.78, 5) is 18.8. The minimum Gasteiger partial charge on any atom is -0.440 e. The van der Waals surface area contributed by atoms with Crippen molar-refractivity contribution in [1.82, 2.24) is 4.98 Å². The lowest BCUT2D eigenvalue weighted by Gasteiger charge is -2.21. The maximum absolute atomic E-state index is 12.6. The largest absolute Gasteiger partial charge is 0.440 e. The first-order valence-electron chi connectivity index (χ1n) is 7.48. The molecule has 22 heavy (non-hydrogen) atoms. The minimum atomic E-state index is -0.000365. The molecule has 1 heterocycles. The second kappa shape index (κ2) is 6.43. The number of hydrogen-bond donors (Lipinski definition) is 0. The van der Waals surface area contributed by atoms with Gasteiger partial charge in [-0.15, -0.1) is 0 Å². The second-order valence-corrected chi connectivity index (χ2v) is 5.13. The molecule has 3 rings (SSSR count). The molecule has 0 spiro atoms. The van der Waals surface area contributed by atoms with E-state index in [2.05, 4.69) is 11.9 Å². The highest BCUT2D eigenvalue weighted by atomic mass is 16.3. The number of anilines is 1. The van der Waals surface area contributed by atoms with Crippen LogP contribution in [0.25, 0.3) is 11.1 Å². The van der Waals surface area contributed by atoms with Crippen molar-refractivity contribution in [3.05, 3.63) is 60.5 Å². The number of rotatable bonds is 5. The molecule has 0 unspecified atom stereocenters. The van der Waals surface area contributed by atoms with Gasteiger partial charge >= 0.3 is 0 Å². The average molecular weight is 294 g/mol. The molecule has 0 saturated carbocycles. The quantitative estimate of drug-likeness (QED) is 0.718. The predicted octanol–water partition coefficient (Wildman–Crippen LogP) is 3.81. The molecule has 4 nitrogen and oxygen atoms in total. The molecule has 3 aromatic rings. The Morgan fingerprint density at radius 2 is 1.82 bits per heavy atom. The third-order valence-corrected chi connectivity index (χ3v) is 3.46. The number of hydrogen-bond acceptors (Lipinski definition) is 3. The molecule has 0 saturated heterocycles. The fourth-order valence-electron chi connectivity index (χ4n) is 2.45. The number of fused-ring (bicyclic) bond motifs is 1. The summed E-state index contributed by atoms with van der Waals surface area (Å²) >= 11 is 0. The first-order valence-corrected chi connectivity index (χ1v) is 7.48. The Morgan fingerprint density at radius 3 is 2.55 bits per heavy atom.